The average molecular weight is 196 g/mol. The first-order valence-corrected chi connectivity index (χ1v) is 5.34. The van der Waals surface area contributed by atoms with Crippen LogP contribution in [0.2, 0.25) is 0 Å². The van der Waals surface area contributed by atoms with Crippen molar-refractivity contribution >= 4 is 0 Å². The molecule has 0 amide bonds. The van der Waals surface area contributed by atoms with Crippen LogP contribution in [0.4, 0.5) is 0 Å². The number of ether oxygens (including phenoxy) is 2. The van der Waals surface area contributed by atoms with Gasteiger partial charge in [0.1, 0.15) is 0 Å². The summed E-state index contributed by atoms with van der Waals surface area (Å²) >= 11 is 0. The second-order valence-electron chi connectivity index (χ2n) is 4.12. The number of hydrogen-bond acceptors (Lipinski definition) is 2. The van der Waals surface area contributed by atoms with Crippen molar-refractivity contribution in [1.82, 2.24) is 0 Å². The van der Waals surface area contributed by atoms with E-state index in [1.165, 1.54) is 0 Å². The Kier molecular flexibility index (Phi) is 3.62. The predicted molar refractivity (Wildman–Crippen MR) is 57.6 cm³/mol. The van der Waals surface area contributed by atoms with Crippen LogP contribution in [-0.4, -0.2) is 6.79 Å². The van der Waals surface area contributed by atoms with E-state index in [-0.39, 0.29) is 0 Å². The molecule has 1 aliphatic heterocycles. The van der Waals surface area contributed by atoms with Crippen LogP contribution in [0.1, 0.15) is 40.5 Å². The third-order valence-corrected chi connectivity index (χ3v) is 2.35. The van der Waals surface area contributed by atoms with E-state index in [1.807, 2.05) is 13.8 Å². The number of rotatable bonds is 0. The van der Waals surface area contributed by atoms with Gasteiger partial charge in [-0.15, -0.1) is 0 Å². The summed E-state index contributed by atoms with van der Waals surface area (Å²) in [5.74, 6) is 1.86. The first-order valence-electron chi connectivity index (χ1n) is 5.34. The Morgan fingerprint density at radius 1 is 1.00 bits per heavy atom. The van der Waals surface area contributed by atoms with Crippen molar-refractivity contribution in [3.8, 4) is 0 Å². The number of fused-ring (bicyclic) bond motifs is 1. The van der Waals surface area contributed by atoms with Crippen LogP contribution in [0.5, 0.6) is 0 Å². The van der Waals surface area contributed by atoms with Gasteiger partial charge in [0.25, 0.3) is 0 Å². The number of hydrogen-bond donors (Lipinski definition) is 0. The van der Waals surface area contributed by atoms with E-state index < -0.39 is 0 Å². The molecular weight excluding hydrogens is 176 g/mol. The fraction of sp³-hybridized carbons (Fsp3) is 0.667. The summed E-state index contributed by atoms with van der Waals surface area (Å²) in [5.41, 5.74) is 0.344. The highest BCUT2D eigenvalue weighted by atomic mass is 16.7. The molecule has 2 heteroatoms. The minimum Gasteiger partial charge on any atom is -0.454 e. The van der Waals surface area contributed by atoms with E-state index in [9.17, 15) is 0 Å². The molecule has 0 aromatic rings. The van der Waals surface area contributed by atoms with E-state index in [0.29, 0.717) is 12.2 Å². The van der Waals surface area contributed by atoms with Crippen LogP contribution in [0, 0.1) is 5.41 Å². The number of allylic oxidation sites excluding steroid dienone is 2. The first kappa shape index (κ1) is 11.2. The van der Waals surface area contributed by atoms with E-state index in [2.05, 4.69) is 26.0 Å². The fourth-order valence-corrected chi connectivity index (χ4v) is 1.44. The molecule has 0 aromatic carbocycles. The molecule has 14 heavy (non-hydrogen) atoms. The zero-order valence-corrected chi connectivity index (χ0v) is 9.59. The molecule has 0 radical (unpaired) electrons. The fourth-order valence-electron chi connectivity index (χ4n) is 1.44. The summed E-state index contributed by atoms with van der Waals surface area (Å²) in [7, 11) is 0. The maximum atomic E-state index is 5.30. The van der Waals surface area contributed by atoms with E-state index in [4.69, 9.17) is 9.47 Å². The van der Waals surface area contributed by atoms with Crippen molar-refractivity contribution in [3.63, 3.8) is 0 Å². The quantitative estimate of drug-likeness (QED) is 0.589. The standard InChI is InChI=1S/C10H14O2.C2H6/c1-10(2)5-3-8-9(4-6-10)12-7-11-8;1-2/h3-4H,5-7H2,1-2H3;1-2H3. The third-order valence-electron chi connectivity index (χ3n) is 2.35. The Labute approximate surface area is 86.6 Å². The molecule has 0 atom stereocenters. The summed E-state index contributed by atoms with van der Waals surface area (Å²) in [5, 5.41) is 0. The highest BCUT2D eigenvalue weighted by Gasteiger charge is 2.24. The van der Waals surface area contributed by atoms with Crippen molar-refractivity contribution in [2.75, 3.05) is 6.79 Å². The van der Waals surface area contributed by atoms with Crippen LogP contribution in [0.3, 0.4) is 0 Å². The average Bonchev–Trinajstić information content (AvgIpc) is 2.58. The molecule has 0 saturated carbocycles. The van der Waals surface area contributed by atoms with Gasteiger partial charge in [0.15, 0.2) is 11.5 Å². The zero-order chi connectivity index (χ0) is 10.6. The monoisotopic (exact) mass is 196 g/mol. The molecule has 0 N–H and O–H groups in total. The maximum Gasteiger partial charge on any atom is 0.231 e. The molecule has 2 aliphatic rings. The Morgan fingerprint density at radius 3 is 1.86 bits per heavy atom. The van der Waals surface area contributed by atoms with Gasteiger partial charge in [0.05, 0.1) is 0 Å². The van der Waals surface area contributed by atoms with Gasteiger partial charge in [-0.1, -0.05) is 27.7 Å². The van der Waals surface area contributed by atoms with Crippen LogP contribution in [0.15, 0.2) is 23.7 Å². The molecule has 1 heterocycles. The van der Waals surface area contributed by atoms with Crippen LogP contribution >= 0.6 is 0 Å². The SMILES string of the molecule is CC.CC1(C)CC=C2OCOC2=CC1. The first-order chi connectivity index (χ1) is 6.67. The minimum atomic E-state index is 0.344. The van der Waals surface area contributed by atoms with E-state index in [0.717, 1.165) is 24.4 Å². The van der Waals surface area contributed by atoms with E-state index in [1.54, 1.807) is 0 Å². The molecule has 80 valence electrons. The lowest BCUT2D eigenvalue weighted by molar-refractivity contribution is 0.0960. The van der Waals surface area contributed by atoms with Crippen LogP contribution < -0.4 is 0 Å². The van der Waals surface area contributed by atoms with Crippen molar-refractivity contribution in [3.05, 3.63) is 23.7 Å². The molecular formula is C12H20O2. The van der Waals surface area contributed by atoms with E-state index >= 15 is 0 Å². The maximum absolute atomic E-state index is 5.30. The van der Waals surface area contributed by atoms with Gasteiger partial charge in [-0.25, -0.2) is 0 Å². The predicted octanol–water partition coefficient (Wildman–Crippen LogP) is 3.60. The Hall–Kier alpha value is -0.920. The van der Waals surface area contributed by atoms with Gasteiger partial charge >= 0.3 is 0 Å². The lowest BCUT2D eigenvalue weighted by Crippen LogP contribution is -2.07. The topological polar surface area (TPSA) is 18.5 Å². The summed E-state index contributed by atoms with van der Waals surface area (Å²) in [4.78, 5) is 0. The third kappa shape index (κ3) is 2.53. The molecule has 1 aliphatic carbocycles. The van der Waals surface area contributed by atoms with Crippen molar-refractivity contribution < 1.29 is 9.47 Å². The molecule has 0 aromatic heterocycles. The van der Waals surface area contributed by atoms with Gasteiger partial charge in [-0.05, 0) is 30.4 Å². The summed E-state index contributed by atoms with van der Waals surface area (Å²) in [6.45, 7) is 8.89. The van der Waals surface area contributed by atoms with Crippen LogP contribution in [-0.2, 0) is 9.47 Å². The Bertz CT molecular complexity index is 225. The lowest BCUT2D eigenvalue weighted by atomic mass is 9.86. The molecule has 2 nitrogen and oxygen atoms in total. The molecule has 0 unspecified atom stereocenters. The lowest BCUT2D eigenvalue weighted by Gasteiger charge is -2.19. The molecule has 0 spiro atoms. The minimum absolute atomic E-state index is 0.344. The van der Waals surface area contributed by atoms with Gasteiger partial charge in [0, 0.05) is 0 Å². The van der Waals surface area contributed by atoms with Crippen LogP contribution in [0.25, 0.3) is 0 Å². The van der Waals surface area contributed by atoms with Crippen molar-refractivity contribution in [1.29, 1.82) is 0 Å². The second-order valence-corrected chi connectivity index (χ2v) is 4.12. The summed E-state index contributed by atoms with van der Waals surface area (Å²) in [6, 6.07) is 0. The van der Waals surface area contributed by atoms with Gasteiger partial charge in [-0.2, -0.15) is 0 Å². The van der Waals surface area contributed by atoms with Gasteiger partial charge in [0.2, 0.25) is 6.79 Å². The van der Waals surface area contributed by atoms with Crippen molar-refractivity contribution in [2.45, 2.75) is 40.5 Å². The molecule has 1 saturated heterocycles. The summed E-state index contributed by atoms with van der Waals surface area (Å²) < 4.78 is 10.6. The zero-order valence-electron chi connectivity index (χ0n) is 9.59. The second kappa shape index (κ2) is 4.54. The smallest absolute Gasteiger partial charge is 0.231 e. The highest BCUT2D eigenvalue weighted by molar-refractivity contribution is 5.25. The largest absolute Gasteiger partial charge is 0.454 e. The summed E-state index contributed by atoms with van der Waals surface area (Å²) in [6.07, 6.45) is 6.38. The Morgan fingerprint density at radius 2 is 1.43 bits per heavy atom. The molecule has 0 bridgehead atoms. The van der Waals surface area contributed by atoms with Gasteiger partial charge in [-0.3, -0.25) is 0 Å². The molecule has 1 fully saturated rings. The highest BCUT2D eigenvalue weighted by Crippen LogP contribution is 2.34. The Balaban J connectivity index is 0.000000461. The normalized spacial score (nSPS) is 22.6. The molecule has 2 rings (SSSR count). The van der Waals surface area contributed by atoms with Crippen molar-refractivity contribution in [2.24, 2.45) is 5.41 Å². The van der Waals surface area contributed by atoms with Gasteiger partial charge < -0.3 is 9.47 Å².